The van der Waals surface area contributed by atoms with Crippen molar-refractivity contribution in [3.8, 4) is 28.8 Å². The van der Waals surface area contributed by atoms with E-state index in [1.807, 2.05) is 30.3 Å². The van der Waals surface area contributed by atoms with E-state index in [4.69, 9.17) is 15.7 Å². The van der Waals surface area contributed by atoms with Gasteiger partial charge < -0.3 is 10.5 Å². The maximum absolute atomic E-state index is 8.99. The molecule has 0 amide bonds. The van der Waals surface area contributed by atoms with Crippen molar-refractivity contribution < 1.29 is 4.74 Å². The summed E-state index contributed by atoms with van der Waals surface area (Å²) < 4.78 is 6.83. The molecule has 6 nitrogen and oxygen atoms in total. The molecule has 0 atom stereocenters. The van der Waals surface area contributed by atoms with E-state index in [1.165, 1.54) is 4.68 Å². The lowest BCUT2D eigenvalue weighted by molar-refractivity contribution is 0.416. The zero-order valence-electron chi connectivity index (χ0n) is 11.9. The van der Waals surface area contributed by atoms with E-state index in [1.54, 1.807) is 25.3 Å². The second-order valence-corrected chi connectivity index (χ2v) is 4.60. The van der Waals surface area contributed by atoms with E-state index in [0.29, 0.717) is 28.5 Å². The fraction of sp³-hybridized carbons (Fsp3) is 0.0625. The molecule has 6 heteroatoms. The fourth-order valence-electron chi connectivity index (χ4n) is 2.22. The summed E-state index contributed by atoms with van der Waals surface area (Å²) >= 11 is 0. The first kappa shape index (κ1) is 13.6. The summed E-state index contributed by atoms with van der Waals surface area (Å²) in [6.45, 7) is 0. The first-order valence-corrected chi connectivity index (χ1v) is 6.59. The molecule has 1 aromatic heterocycles. The van der Waals surface area contributed by atoms with E-state index in [2.05, 4.69) is 16.4 Å². The van der Waals surface area contributed by atoms with Crippen molar-refractivity contribution >= 4 is 5.82 Å². The molecular formula is C16H13N5O. The zero-order chi connectivity index (χ0) is 15.5. The number of nitrogen functional groups attached to an aromatic ring is 1. The minimum Gasteiger partial charge on any atom is -0.496 e. The number of ether oxygens (including phenoxy) is 1. The van der Waals surface area contributed by atoms with Crippen LogP contribution in [0.25, 0.3) is 16.9 Å². The van der Waals surface area contributed by atoms with Gasteiger partial charge in [0.1, 0.15) is 11.4 Å². The largest absolute Gasteiger partial charge is 0.496 e. The van der Waals surface area contributed by atoms with Crippen molar-refractivity contribution in [1.29, 1.82) is 5.26 Å². The van der Waals surface area contributed by atoms with E-state index >= 15 is 0 Å². The second kappa shape index (κ2) is 5.58. The number of para-hydroxylation sites is 1. The summed E-state index contributed by atoms with van der Waals surface area (Å²) in [4.78, 5) is 0. The molecule has 3 aromatic rings. The van der Waals surface area contributed by atoms with Gasteiger partial charge in [0.2, 0.25) is 0 Å². The number of methoxy groups -OCH3 is 1. The molecule has 0 aliphatic heterocycles. The van der Waals surface area contributed by atoms with Crippen molar-refractivity contribution in [2.24, 2.45) is 0 Å². The fourth-order valence-corrected chi connectivity index (χ4v) is 2.22. The SMILES string of the molecule is COc1ccccc1-c1nnn(-c2cccc(C#N)c2)c1N. The standard InChI is InChI=1S/C16H13N5O/c1-22-14-8-3-2-7-13(14)15-16(18)21(20-19-15)12-6-4-5-11(9-12)10-17/h2-9H,18H2,1H3. The quantitative estimate of drug-likeness (QED) is 0.800. The molecule has 0 bridgehead atoms. The summed E-state index contributed by atoms with van der Waals surface area (Å²) in [7, 11) is 1.59. The second-order valence-electron chi connectivity index (χ2n) is 4.60. The van der Waals surface area contributed by atoms with Crippen LogP contribution in [0.1, 0.15) is 5.56 Å². The minimum atomic E-state index is 0.389. The average Bonchev–Trinajstić information content (AvgIpc) is 2.96. The molecule has 108 valence electrons. The van der Waals surface area contributed by atoms with Gasteiger partial charge >= 0.3 is 0 Å². The highest BCUT2D eigenvalue weighted by Gasteiger charge is 2.16. The predicted octanol–water partition coefficient (Wildman–Crippen LogP) is 2.40. The Morgan fingerprint density at radius 2 is 2.00 bits per heavy atom. The van der Waals surface area contributed by atoms with Gasteiger partial charge in [-0.25, -0.2) is 0 Å². The number of anilines is 1. The van der Waals surface area contributed by atoms with Crippen LogP contribution >= 0.6 is 0 Å². The molecule has 0 saturated carbocycles. The van der Waals surface area contributed by atoms with E-state index < -0.39 is 0 Å². The topological polar surface area (TPSA) is 89.8 Å². The van der Waals surface area contributed by atoms with Crippen LogP contribution in [0.5, 0.6) is 5.75 Å². The number of nitrogens with two attached hydrogens (primary N) is 1. The Hall–Kier alpha value is -3.33. The summed E-state index contributed by atoms with van der Waals surface area (Å²) in [5.41, 5.74) is 8.71. The first-order chi connectivity index (χ1) is 10.7. The van der Waals surface area contributed by atoms with E-state index in [0.717, 1.165) is 5.56 Å². The molecule has 0 fully saturated rings. The molecule has 0 aliphatic carbocycles. The van der Waals surface area contributed by atoms with Crippen LogP contribution in [0.15, 0.2) is 48.5 Å². The van der Waals surface area contributed by atoms with E-state index in [9.17, 15) is 0 Å². The van der Waals surface area contributed by atoms with Crippen molar-refractivity contribution in [3.63, 3.8) is 0 Å². The zero-order valence-corrected chi connectivity index (χ0v) is 11.9. The predicted molar refractivity (Wildman–Crippen MR) is 82.5 cm³/mol. The Morgan fingerprint density at radius 1 is 1.18 bits per heavy atom. The molecule has 0 saturated heterocycles. The van der Waals surface area contributed by atoms with Crippen LogP contribution in [-0.4, -0.2) is 22.1 Å². The van der Waals surface area contributed by atoms with Gasteiger partial charge in [-0.1, -0.05) is 23.4 Å². The number of nitriles is 1. The summed E-state index contributed by atoms with van der Waals surface area (Å²) in [5, 5.41) is 17.2. The van der Waals surface area contributed by atoms with Crippen LogP contribution in [0.4, 0.5) is 5.82 Å². The highest BCUT2D eigenvalue weighted by molar-refractivity contribution is 5.75. The molecule has 0 spiro atoms. The van der Waals surface area contributed by atoms with Gasteiger partial charge in [-0.2, -0.15) is 9.94 Å². The molecule has 2 N–H and O–H groups in total. The van der Waals surface area contributed by atoms with Crippen LogP contribution in [-0.2, 0) is 0 Å². The average molecular weight is 291 g/mol. The lowest BCUT2D eigenvalue weighted by Gasteiger charge is -2.07. The van der Waals surface area contributed by atoms with Crippen molar-refractivity contribution in [1.82, 2.24) is 15.0 Å². The third kappa shape index (κ3) is 2.25. The van der Waals surface area contributed by atoms with Crippen LogP contribution < -0.4 is 10.5 Å². The third-order valence-electron chi connectivity index (χ3n) is 3.29. The van der Waals surface area contributed by atoms with Crippen LogP contribution in [0, 0.1) is 11.3 Å². The monoisotopic (exact) mass is 291 g/mol. The maximum atomic E-state index is 8.99. The Labute approximate surface area is 127 Å². The van der Waals surface area contributed by atoms with Gasteiger partial charge in [0.05, 0.1) is 24.4 Å². The van der Waals surface area contributed by atoms with Crippen LogP contribution in [0.3, 0.4) is 0 Å². The Morgan fingerprint density at radius 3 is 2.77 bits per heavy atom. The molecule has 0 unspecified atom stereocenters. The summed E-state index contributed by atoms with van der Waals surface area (Å²) in [5.74, 6) is 1.06. The first-order valence-electron chi connectivity index (χ1n) is 6.59. The minimum absolute atomic E-state index is 0.389. The van der Waals surface area contributed by atoms with Gasteiger partial charge in [-0.3, -0.25) is 0 Å². The highest BCUT2D eigenvalue weighted by atomic mass is 16.5. The van der Waals surface area contributed by atoms with Gasteiger partial charge in [0.15, 0.2) is 5.82 Å². The molecule has 2 aromatic carbocycles. The Balaban J connectivity index is 2.11. The maximum Gasteiger partial charge on any atom is 0.156 e. The normalized spacial score (nSPS) is 10.2. The van der Waals surface area contributed by atoms with Crippen molar-refractivity contribution in [3.05, 3.63) is 54.1 Å². The smallest absolute Gasteiger partial charge is 0.156 e. The number of aromatic nitrogens is 3. The van der Waals surface area contributed by atoms with Gasteiger partial charge in [0, 0.05) is 5.56 Å². The van der Waals surface area contributed by atoms with Gasteiger partial charge in [0.25, 0.3) is 0 Å². The molecule has 0 radical (unpaired) electrons. The van der Waals surface area contributed by atoms with Crippen LogP contribution in [0.2, 0.25) is 0 Å². The number of hydrogen-bond acceptors (Lipinski definition) is 5. The lowest BCUT2D eigenvalue weighted by Crippen LogP contribution is -2.02. The highest BCUT2D eigenvalue weighted by Crippen LogP contribution is 2.32. The summed E-state index contributed by atoms with van der Waals surface area (Å²) in [6, 6.07) is 16.6. The molecule has 1 heterocycles. The number of benzene rings is 2. The van der Waals surface area contributed by atoms with Gasteiger partial charge in [-0.15, -0.1) is 5.10 Å². The van der Waals surface area contributed by atoms with Crippen molar-refractivity contribution in [2.75, 3.05) is 12.8 Å². The molecule has 0 aliphatic rings. The van der Waals surface area contributed by atoms with Gasteiger partial charge in [-0.05, 0) is 30.3 Å². The summed E-state index contributed by atoms with van der Waals surface area (Å²) in [6.07, 6.45) is 0. The molecule has 3 rings (SSSR count). The third-order valence-corrected chi connectivity index (χ3v) is 3.29. The number of nitrogens with zero attached hydrogens (tertiary/aromatic N) is 4. The number of hydrogen-bond donors (Lipinski definition) is 1. The Bertz CT molecular complexity index is 863. The molecular weight excluding hydrogens is 278 g/mol. The Kier molecular flexibility index (Phi) is 3.46. The number of rotatable bonds is 3. The van der Waals surface area contributed by atoms with Crippen molar-refractivity contribution in [2.45, 2.75) is 0 Å². The lowest BCUT2D eigenvalue weighted by atomic mass is 10.1. The molecule has 22 heavy (non-hydrogen) atoms. The van der Waals surface area contributed by atoms with E-state index in [-0.39, 0.29) is 0 Å².